The van der Waals surface area contributed by atoms with Gasteiger partial charge in [0.15, 0.2) is 12.0 Å². The van der Waals surface area contributed by atoms with Crippen molar-refractivity contribution in [1.82, 2.24) is 4.98 Å². The third kappa shape index (κ3) is 3.60. The van der Waals surface area contributed by atoms with E-state index in [9.17, 15) is 0 Å². The largest absolute Gasteiger partial charge is 0.464 e. The maximum absolute atomic E-state index is 5.47. The molecular weight excluding hydrogens is 310 g/mol. The standard InChI is InChI=1S/C12H14O.C10H11NO/c1-3-9(2)11-6-4-5-10-7-8-13-12(10)11;1-7(2)8-4-3-5-9-10(8)12-6-11-9/h4-9H,3H2,1-2H3;3-7H,1-2H3. The SMILES string of the molecule is CC(C)c1cccc2ncoc12.CCC(C)c1cccc2ccoc12. The van der Waals surface area contributed by atoms with Gasteiger partial charge in [-0.1, -0.05) is 58.0 Å². The van der Waals surface area contributed by atoms with Crippen LogP contribution in [0, 0.1) is 0 Å². The van der Waals surface area contributed by atoms with Crippen molar-refractivity contribution < 1.29 is 8.83 Å². The molecule has 0 amide bonds. The molecule has 130 valence electrons. The summed E-state index contributed by atoms with van der Waals surface area (Å²) < 4.78 is 10.8. The van der Waals surface area contributed by atoms with E-state index in [0.29, 0.717) is 11.8 Å². The van der Waals surface area contributed by atoms with Gasteiger partial charge in [0.2, 0.25) is 0 Å². The second kappa shape index (κ2) is 7.56. The van der Waals surface area contributed by atoms with E-state index in [2.05, 4.69) is 56.9 Å². The van der Waals surface area contributed by atoms with Crippen LogP contribution in [0.1, 0.15) is 57.1 Å². The first-order valence-corrected chi connectivity index (χ1v) is 8.90. The van der Waals surface area contributed by atoms with Gasteiger partial charge in [-0.2, -0.15) is 0 Å². The minimum atomic E-state index is 0.488. The number of rotatable bonds is 3. The fourth-order valence-corrected chi connectivity index (χ4v) is 2.99. The smallest absolute Gasteiger partial charge is 0.181 e. The van der Waals surface area contributed by atoms with Gasteiger partial charge < -0.3 is 8.83 Å². The Labute approximate surface area is 148 Å². The Bertz CT molecular complexity index is 949. The molecule has 0 bridgehead atoms. The summed E-state index contributed by atoms with van der Waals surface area (Å²) in [5, 5.41) is 1.21. The van der Waals surface area contributed by atoms with Gasteiger partial charge >= 0.3 is 0 Å². The van der Waals surface area contributed by atoms with Gasteiger partial charge in [-0.15, -0.1) is 0 Å². The first-order valence-electron chi connectivity index (χ1n) is 8.90. The molecule has 3 nitrogen and oxygen atoms in total. The first kappa shape index (κ1) is 17.3. The van der Waals surface area contributed by atoms with E-state index in [-0.39, 0.29) is 0 Å². The van der Waals surface area contributed by atoms with Gasteiger partial charge in [-0.05, 0) is 41.5 Å². The van der Waals surface area contributed by atoms with Crippen molar-refractivity contribution in [3.8, 4) is 0 Å². The van der Waals surface area contributed by atoms with Crippen LogP contribution in [0.15, 0.2) is 64.0 Å². The summed E-state index contributed by atoms with van der Waals surface area (Å²) in [6, 6.07) is 14.4. The average molecular weight is 335 g/mol. The van der Waals surface area contributed by atoms with E-state index in [1.54, 1.807) is 6.26 Å². The third-order valence-corrected chi connectivity index (χ3v) is 4.66. The second-order valence-corrected chi connectivity index (χ2v) is 6.70. The summed E-state index contributed by atoms with van der Waals surface area (Å²) in [6.07, 6.45) is 4.41. The maximum atomic E-state index is 5.47. The zero-order valence-corrected chi connectivity index (χ0v) is 15.3. The number of para-hydroxylation sites is 2. The molecule has 4 aromatic rings. The highest BCUT2D eigenvalue weighted by Gasteiger charge is 2.09. The molecule has 0 saturated carbocycles. The predicted molar refractivity (Wildman–Crippen MR) is 103 cm³/mol. The number of hydrogen-bond acceptors (Lipinski definition) is 3. The number of hydrogen-bond donors (Lipinski definition) is 0. The highest BCUT2D eigenvalue weighted by Crippen LogP contribution is 2.28. The Hall–Kier alpha value is -2.55. The maximum Gasteiger partial charge on any atom is 0.181 e. The summed E-state index contributed by atoms with van der Waals surface area (Å²) in [6.45, 7) is 8.73. The Morgan fingerprint density at radius 2 is 1.64 bits per heavy atom. The molecule has 0 aliphatic heterocycles. The van der Waals surface area contributed by atoms with E-state index in [0.717, 1.165) is 23.1 Å². The van der Waals surface area contributed by atoms with Crippen molar-refractivity contribution in [2.24, 2.45) is 0 Å². The molecule has 0 radical (unpaired) electrons. The van der Waals surface area contributed by atoms with Crippen molar-refractivity contribution in [2.75, 3.05) is 0 Å². The lowest BCUT2D eigenvalue weighted by atomic mass is 9.97. The van der Waals surface area contributed by atoms with Crippen LogP contribution in [0.2, 0.25) is 0 Å². The summed E-state index contributed by atoms with van der Waals surface area (Å²) in [5.74, 6) is 1.07. The molecule has 0 aliphatic rings. The number of benzene rings is 2. The zero-order valence-electron chi connectivity index (χ0n) is 15.3. The molecule has 2 aromatic heterocycles. The summed E-state index contributed by atoms with van der Waals surface area (Å²) in [7, 11) is 0. The predicted octanol–water partition coefficient (Wildman–Crippen LogP) is 6.90. The van der Waals surface area contributed by atoms with E-state index < -0.39 is 0 Å². The summed E-state index contributed by atoms with van der Waals surface area (Å²) in [5.41, 5.74) is 5.47. The lowest BCUT2D eigenvalue weighted by molar-refractivity contribution is 0.594. The van der Waals surface area contributed by atoms with E-state index in [4.69, 9.17) is 8.83 Å². The van der Waals surface area contributed by atoms with Crippen LogP contribution in [0.25, 0.3) is 22.1 Å². The van der Waals surface area contributed by atoms with Crippen molar-refractivity contribution in [1.29, 1.82) is 0 Å². The summed E-state index contributed by atoms with van der Waals surface area (Å²) >= 11 is 0. The molecular formula is C22H25NO2. The third-order valence-electron chi connectivity index (χ3n) is 4.66. The quantitative estimate of drug-likeness (QED) is 0.409. The van der Waals surface area contributed by atoms with Crippen LogP contribution in [0.3, 0.4) is 0 Å². The molecule has 0 aliphatic carbocycles. The number of nitrogens with zero attached hydrogens (tertiary/aromatic N) is 1. The van der Waals surface area contributed by atoms with E-state index in [1.165, 1.54) is 22.9 Å². The van der Waals surface area contributed by atoms with Gasteiger partial charge in [0.1, 0.15) is 11.1 Å². The van der Waals surface area contributed by atoms with Crippen molar-refractivity contribution in [2.45, 2.75) is 46.0 Å². The minimum absolute atomic E-state index is 0.488. The van der Waals surface area contributed by atoms with Gasteiger partial charge in [0.25, 0.3) is 0 Å². The van der Waals surface area contributed by atoms with Crippen LogP contribution in [-0.2, 0) is 0 Å². The molecule has 4 rings (SSSR count). The first-order chi connectivity index (χ1) is 12.1. The molecule has 2 heterocycles. The molecule has 0 saturated heterocycles. The van der Waals surface area contributed by atoms with Gasteiger partial charge in [0, 0.05) is 5.39 Å². The lowest BCUT2D eigenvalue weighted by Gasteiger charge is -2.08. The normalized spacial score (nSPS) is 12.4. The van der Waals surface area contributed by atoms with Gasteiger partial charge in [0.05, 0.1) is 6.26 Å². The van der Waals surface area contributed by atoms with Crippen molar-refractivity contribution >= 4 is 22.1 Å². The highest BCUT2D eigenvalue weighted by molar-refractivity contribution is 5.80. The summed E-state index contributed by atoms with van der Waals surface area (Å²) in [4.78, 5) is 4.10. The molecule has 0 spiro atoms. The van der Waals surface area contributed by atoms with Crippen molar-refractivity contribution in [3.63, 3.8) is 0 Å². The number of oxazole rings is 1. The average Bonchev–Trinajstić information content (AvgIpc) is 3.29. The van der Waals surface area contributed by atoms with Crippen LogP contribution in [0.5, 0.6) is 0 Å². The van der Waals surface area contributed by atoms with Crippen molar-refractivity contribution in [3.05, 3.63) is 66.2 Å². The Kier molecular flexibility index (Phi) is 5.22. The second-order valence-electron chi connectivity index (χ2n) is 6.70. The van der Waals surface area contributed by atoms with Crippen LogP contribution in [0.4, 0.5) is 0 Å². The molecule has 25 heavy (non-hydrogen) atoms. The fraction of sp³-hybridized carbons (Fsp3) is 0.318. The number of fused-ring (bicyclic) bond motifs is 2. The number of furan rings is 1. The lowest BCUT2D eigenvalue weighted by Crippen LogP contribution is -1.90. The van der Waals surface area contributed by atoms with Gasteiger partial charge in [-0.3, -0.25) is 0 Å². The molecule has 0 N–H and O–H groups in total. The molecule has 1 atom stereocenters. The molecule has 2 aromatic carbocycles. The zero-order chi connectivity index (χ0) is 17.8. The topological polar surface area (TPSA) is 39.2 Å². The van der Waals surface area contributed by atoms with E-state index in [1.807, 2.05) is 18.2 Å². The Morgan fingerprint density at radius 3 is 2.40 bits per heavy atom. The highest BCUT2D eigenvalue weighted by atomic mass is 16.3. The minimum Gasteiger partial charge on any atom is -0.464 e. The fourth-order valence-electron chi connectivity index (χ4n) is 2.99. The van der Waals surface area contributed by atoms with Crippen LogP contribution >= 0.6 is 0 Å². The van der Waals surface area contributed by atoms with E-state index >= 15 is 0 Å². The van der Waals surface area contributed by atoms with Crippen LogP contribution < -0.4 is 0 Å². The molecule has 0 fully saturated rings. The molecule has 1 unspecified atom stereocenters. The monoisotopic (exact) mass is 335 g/mol. The van der Waals surface area contributed by atoms with Crippen LogP contribution in [-0.4, -0.2) is 4.98 Å². The molecule has 3 heteroatoms. The number of aromatic nitrogens is 1. The van der Waals surface area contributed by atoms with Gasteiger partial charge in [-0.25, -0.2) is 4.98 Å². The Morgan fingerprint density at radius 1 is 0.880 bits per heavy atom. The Balaban J connectivity index is 0.000000146.